The number of ether oxygens (including phenoxy) is 4. The van der Waals surface area contributed by atoms with E-state index in [1.165, 1.54) is 51.6 Å². The zero-order valence-electron chi connectivity index (χ0n) is 27.5. The number of carbonyl (C=O) groups is 4. The standard InChI is InChI=1S/C32H46N4O9/c1-17-13-21-27(38)25(22(16-34-36(5)6)28(39)30(21)44-9)35-31(40)18(2)11-10-12-23(42-7)29(45-32(33)41)20(4)15-19(3)26(37)24(14-17)43-8/h10-12,15-17,19,23-24,26,29,37H,13-14H2,1-9H3,(H2,33,41)(H,35,40)/b12-10-,18-11-,20-15+,34-16+/t17-,19+,23+,24-,26+,29-/m0/s1. The Hall–Kier alpha value is -4.07. The third-order valence-electron chi connectivity index (χ3n) is 7.56. The number of nitrogens with zero attached hydrogens (tertiary/aromatic N) is 2. The molecule has 0 radical (unpaired) electrons. The van der Waals surface area contributed by atoms with Gasteiger partial charge in [-0.15, -0.1) is 0 Å². The fourth-order valence-corrected chi connectivity index (χ4v) is 5.17. The van der Waals surface area contributed by atoms with E-state index in [4.69, 9.17) is 24.7 Å². The second-order valence-corrected chi connectivity index (χ2v) is 11.4. The van der Waals surface area contributed by atoms with Gasteiger partial charge in [0.15, 0.2) is 11.9 Å². The van der Waals surface area contributed by atoms with E-state index in [0.717, 1.165) is 0 Å². The molecule has 248 valence electrons. The Labute approximate surface area is 264 Å². The Morgan fingerprint density at radius 1 is 1.11 bits per heavy atom. The maximum atomic E-state index is 13.9. The van der Waals surface area contributed by atoms with Gasteiger partial charge in [-0.1, -0.05) is 38.2 Å². The molecule has 0 aromatic carbocycles. The van der Waals surface area contributed by atoms with E-state index < -0.39 is 53.9 Å². The lowest BCUT2D eigenvalue weighted by Crippen LogP contribution is -2.38. The number of carbonyl (C=O) groups excluding carboxylic acids is 4. The predicted octanol–water partition coefficient (Wildman–Crippen LogP) is 2.33. The summed E-state index contributed by atoms with van der Waals surface area (Å²) in [5, 5.41) is 19.4. The molecule has 0 fully saturated rings. The summed E-state index contributed by atoms with van der Waals surface area (Å²) in [5.74, 6) is -2.70. The van der Waals surface area contributed by atoms with Gasteiger partial charge in [0.2, 0.25) is 11.6 Å². The molecule has 45 heavy (non-hydrogen) atoms. The van der Waals surface area contributed by atoms with Crippen LogP contribution in [0.2, 0.25) is 0 Å². The summed E-state index contributed by atoms with van der Waals surface area (Å²) >= 11 is 0. The number of nitrogens with one attached hydrogen (secondary N) is 1. The van der Waals surface area contributed by atoms with E-state index >= 15 is 0 Å². The quantitative estimate of drug-likeness (QED) is 0.171. The van der Waals surface area contributed by atoms with Crippen LogP contribution in [0.1, 0.15) is 40.5 Å². The van der Waals surface area contributed by atoms with Crippen molar-refractivity contribution in [3.8, 4) is 0 Å². The molecule has 0 aromatic heterocycles. The first-order valence-electron chi connectivity index (χ1n) is 14.5. The highest BCUT2D eigenvalue weighted by atomic mass is 16.6. The van der Waals surface area contributed by atoms with Gasteiger partial charge < -0.3 is 40.1 Å². The van der Waals surface area contributed by atoms with Gasteiger partial charge in [-0.25, -0.2) is 4.79 Å². The Morgan fingerprint density at radius 3 is 2.33 bits per heavy atom. The number of hydrogen-bond donors (Lipinski definition) is 3. The van der Waals surface area contributed by atoms with Crippen molar-refractivity contribution in [3.05, 3.63) is 58.1 Å². The molecule has 13 heteroatoms. The first kappa shape index (κ1) is 37.1. The molecular weight excluding hydrogens is 584 g/mol. The number of ketones is 2. The molecule has 0 unspecified atom stereocenters. The first-order chi connectivity index (χ1) is 21.2. The van der Waals surface area contributed by atoms with Crippen molar-refractivity contribution in [2.45, 2.75) is 65.0 Å². The molecule has 4 N–H and O–H groups in total. The van der Waals surface area contributed by atoms with Gasteiger partial charge in [0.25, 0.3) is 5.91 Å². The maximum absolute atomic E-state index is 13.9. The van der Waals surface area contributed by atoms with Crippen LogP contribution in [0.5, 0.6) is 0 Å². The summed E-state index contributed by atoms with van der Waals surface area (Å²) in [7, 11) is 7.49. The summed E-state index contributed by atoms with van der Waals surface area (Å²) < 4.78 is 22.0. The predicted molar refractivity (Wildman–Crippen MR) is 168 cm³/mol. The number of aliphatic hydroxyl groups is 1. The lowest BCUT2D eigenvalue weighted by Gasteiger charge is -2.30. The van der Waals surface area contributed by atoms with Gasteiger partial charge in [-0.05, 0) is 38.2 Å². The molecule has 2 bridgehead atoms. The van der Waals surface area contributed by atoms with E-state index in [0.29, 0.717) is 12.0 Å². The van der Waals surface area contributed by atoms with Crippen LogP contribution < -0.4 is 11.1 Å². The zero-order chi connectivity index (χ0) is 34.0. The van der Waals surface area contributed by atoms with Crippen molar-refractivity contribution < 1.29 is 43.2 Å². The largest absolute Gasteiger partial charge is 0.492 e. The van der Waals surface area contributed by atoms with Gasteiger partial charge in [0.1, 0.15) is 11.8 Å². The van der Waals surface area contributed by atoms with Gasteiger partial charge in [0.05, 0.1) is 31.1 Å². The smallest absolute Gasteiger partial charge is 0.405 e. The number of methoxy groups -OCH3 is 3. The third-order valence-corrected chi connectivity index (χ3v) is 7.56. The molecule has 0 aromatic rings. The number of allylic oxidation sites excluding steroid dienone is 4. The molecule has 2 aliphatic rings. The maximum Gasteiger partial charge on any atom is 0.405 e. The van der Waals surface area contributed by atoms with Gasteiger partial charge in [-0.3, -0.25) is 14.4 Å². The molecule has 0 saturated heterocycles. The Balaban J connectivity index is 2.75. The molecule has 6 atom stereocenters. The van der Waals surface area contributed by atoms with E-state index in [-0.39, 0.29) is 40.5 Å². The van der Waals surface area contributed by atoms with Crippen LogP contribution in [0.25, 0.3) is 0 Å². The first-order valence-corrected chi connectivity index (χ1v) is 14.5. The van der Waals surface area contributed by atoms with Crippen LogP contribution in [0, 0.1) is 11.8 Å². The van der Waals surface area contributed by atoms with Gasteiger partial charge in [-0.2, -0.15) is 5.10 Å². The van der Waals surface area contributed by atoms with Crippen LogP contribution in [0.15, 0.2) is 63.2 Å². The minimum atomic E-state index is -1.01. The highest BCUT2D eigenvalue weighted by Crippen LogP contribution is 2.31. The molecule has 1 aliphatic carbocycles. The molecule has 1 heterocycles. The number of hydrogen-bond acceptors (Lipinski definition) is 11. The molecule has 0 saturated carbocycles. The van der Waals surface area contributed by atoms with Crippen molar-refractivity contribution in [1.29, 1.82) is 0 Å². The highest BCUT2D eigenvalue weighted by molar-refractivity contribution is 6.32. The molecule has 1 aliphatic heterocycles. The van der Waals surface area contributed by atoms with Crippen LogP contribution >= 0.6 is 0 Å². The molecular formula is C32H46N4O9. The average molecular weight is 631 g/mol. The van der Waals surface area contributed by atoms with Gasteiger partial charge >= 0.3 is 6.09 Å². The molecule has 2 rings (SSSR count). The van der Waals surface area contributed by atoms with Crippen molar-refractivity contribution in [2.75, 3.05) is 35.4 Å². The number of fused-ring (bicyclic) bond motifs is 2. The number of nitrogens with two attached hydrogens (primary N) is 1. The van der Waals surface area contributed by atoms with Crippen molar-refractivity contribution in [1.82, 2.24) is 10.3 Å². The summed E-state index contributed by atoms with van der Waals surface area (Å²) in [5.41, 5.74) is 5.87. The fourth-order valence-electron chi connectivity index (χ4n) is 5.17. The minimum Gasteiger partial charge on any atom is -0.492 e. The van der Waals surface area contributed by atoms with Crippen LogP contribution in [-0.2, 0) is 33.3 Å². The summed E-state index contributed by atoms with van der Waals surface area (Å²) in [4.78, 5) is 52.6. The lowest BCUT2D eigenvalue weighted by atomic mass is 9.84. The summed E-state index contributed by atoms with van der Waals surface area (Å²) in [6.07, 6.45) is 3.55. The van der Waals surface area contributed by atoms with Crippen LogP contribution in [-0.4, -0.2) is 99.7 Å². The minimum absolute atomic E-state index is 0.0919. The second-order valence-electron chi connectivity index (χ2n) is 11.4. The Bertz CT molecular complexity index is 1330. The fraction of sp³-hybridized carbons (Fsp3) is 0.531. The van der Waals surface area contributed by atoms with Crippen molar-refractivity contribution in [2.24, 2.45) is 22.7 Å². The van der Waals surface area contributed by atoms with Crippen molar-refractivity contribution >= 4 is 29.8 Å². The second kappa shape index (κ2) is 16.8. The van der Waals surface area contributed by atoms with Crippen molar-refractivity contribution in [3.63, 3.8) is 0 Å². The number of primary amides is 1. The SMILES string of the molecule is COC1=C2C[C@H](C)C[C@H](OC)[C@H](O)[C@H](C)/C=C(\C)[C@H](OC(N)=O)[C@H](OC)/C=C\C=C(\C)C(=O)NC(=C(/C=N/N(C)C)C1=O)C2=O. The average Bonchev–Trinajstić information content (AvgIpc) is 2.98. The number of hydrazone groups is 1. The van der Waals surface area contributed by atoms with Crippen LogP contribution in [0.3, 0.4) is 0 Å². The lowest BCUT2D eigenvalue weighted by molar-refractivity contribution is -0.121. The van der Waals surface area contributed by atoms with Gasteiger partial charge in [0, 0.05) is 45.4 Å². The van der Waals surface area contributed by atoms with E-state index in [1.807, 2.05) is 6.92 Å². The normalized spacial score (nSPS) is 30.8. The topological polar surface area (TPSA) is 179 Å². The molecule has 2 amide bonds. The highest BCUT2D eigenvalue weighted by Gasteiger charge is 2.37. The Morgan fingerprint density at radius 2 is 1.78 bits per heavy atom. The summed E-state index contributed by atoms with van der Waals surface area (Å²) in [6, 6.07) is 0. The number of rotatable bonds is 6. The molecule has 0 spiro atoms. The third kappa shape index (κ3) is 9.71. The zero-order valence-corrected chi connectivity index (χ0v) is 27.5. The van der Waals surface area contributed by atoms with Crippen LogP contribution in [0.4, 0.5) is 4.79 Å². The summed E-state index contributed by atoms with van der Waals surface area (Å²) in [6.45, 7) is 6.90. The van der Waals surface area contributed by atoms with E-state index in [2.05, 4.69) is 10.4 Å². The number of Topliss-reactive ketones (excluding diaryl/α,β-unsaturated/α-hetero) is 2. The molecule has 13 nitrogen and oxygen atoms in total. The number of aliphatic hydroxyl groups excluding tert-OH is 1. The van der Waals surface area contributed by atoms with E-state index in [1.54, 1.807) is 40.1 Å². The van der Waals surface area contributed by atoms with E-state index in [9.17, 15) is 24.3 Å². The number of amides is 2. The Kier molecular flexibility index (Phi) is 13.9. The monoisotopic (exact) mass is 630 g/mol.